The maximum atomic E-state index is 6.18. The molecule has 0 saturated carbocycles. The maximum absolute atomic E-state index is 6.18. The van der Waals surface area contributed by atoms with Crippen molar-refractivity contribution in [3.05, 3.63) is 182 Å². The van der Waals surface area contributed by atoms with E-state index in [9.17, 15) is 0 Å². The zero-order valence-electron chi connectivity index (χ0n) is 28.0. The number of hydrogen-bond acceptors (Lipinski definition) is 4. The number of hydrogen-bond donors (Lipinski definition) is 0. The molecule has 3 aromatic heterocycles. The lowest BCUT2D eigenvalue weighted by Crippen LogP contribution is -1.96. The van der Waals surface area contributed by atoms with Crippen molar-refractivity contribution in [2.75, 3.05) is 0 Å². The second-order valence-electron chi connectivity index (χ2n) is 12.9. The topological polar surface area (TPSA) is 56.7 Å². The Morgan fingerprint density at radius 3 is 1.85 bits per heavy atom. The van der Waals surface area contributed by atoms with Crippen LogP contribution in [0.15, 0.2) is 186 Å². The minimum absolute atomic E-state index is 0.612. The Hall–Kier alpha value is -7.11. The van der Waals surface area contributed by atoms with Crippen molar-refractivity contribution in [3.63, 3.8) is 0 Å². The van der Waals surface area contributed by atoms with Crippen LogP contribution in [0.25, 0.3) is 95.1 Å². The molecule has 0 N–H and O–H groups in total. The minimum atomic E-state index is 0.612. The molecule has 0 unspecified atom stereocenters. The van der Waals surface area contributed by atoms with Crippen LogP contribution in [-0.2, 0) is 0 Å². The van der Waals surface area contributed by atoms with Gasteiger partial charge in [0.25, 0.3) is 0 Å². The summed E-state index contributed by atoms with van der Waals surface area (Å²) in [4.78, 5) is 14.9. The largest absolute Gasteiger partial charge is 0.436 e. The summed E-state index contributed by atoms with van der Waals surface area (Å²) in [5.74, 6) is 1.31. The molecule has 10 rings (SSSR count). The number of nitrogens with zero attached hydrogens (tertiary/aromatic N) is 4. The Balaban J connectivity index is 1.09. The smallest absolute Gasteiger partial charge is 0.227 e. The molecular weight excluding hydrogens is 637 g/mol. The van der Waals surface area contributed by atoms with Crippen molar-refractivity contribution in [2.45, 2.75) is 0 Å². The quantitative estimate of drug-likeness (QED) is 0.177. The average Bonchev–Trinajstić information content (AvgIpc) is 3.81. The van der Waals surface area contributed by atoms with Gasteiger partial charge >= 0.3 is 0 Å². The van der Waals surface area contributed by atoms with Gasteiger partial charge in [-0.05, 0) is 65.7 Å². The first kappa shape index (κ1) is 29.8. The summed E-state index contributed by atoms with van der Waals surface area (Å²) in [5, 5.41) is 2.37. The third kappa shape index (κ3) is 5.24. The highest BCUT2D eigenvalue weighted by Gasteiger charge is 2.17. The number of benzene rings is 7. The predicted octanol–water partition coefficient (Wildman–Crippen LogP) is 12.0. The molecular formula is C47H30N4O. The monoisotopic (exact) mass is 666 g/mol. The Morgan fingerprint density at radius 1 is 0.385 bits per heavy atom. The standard InChI is InChI=1S/C47H30N4O/c1-3-13-31(14-4-1)41-30-42(49-46(48-41)32-15-5-2-6-16-32)35-19-11-17-33(27-35)34-18-12-20-37(28-34)51-43-23-9-7-21-38(43)39-26-25-36(29-44(39)51)47-50-40-22-8-10-24-45(40)52-47/h1-30H. The third-order valence-electron chi connectivity index (χ3n) is 9.64. The van der Waals surface area contributed by atoms with Crippen molar-refractivity contribution < 1.29 is 4.42 Å². The number of aromatic nitrogens is 4. The minimum Gasteiger partial charge on any atom is -0.436 e. The number of fused-ring (bicyclic) bond motifs is 4. The lowest BCUT2D eigenvalue weighted by Gasteiger charge is -2.12. The van der Waals surface area contributed by atoms with Crippen LogP contribution in [-0.4, -0.2) is 19.5 Å². The van der Waals surface area contributed by atoms with Gasteiger partial charge in [0.2, 0.25) is 5.89 Å². The molecule has 0 radical (unpaired) electrons. The first-order valence-electron chi connectivity index (χ1n) is 17.4. The molecule has 52 heavy (non-hydrogen) atoms. The van der Waals surface area contributed by atoms with Crippen molar-refractivity contribution >= 4 is 32.9 Å². The second kappa shape index (κ2) is 12.3. The van der Waals surface area contributed by atoms with Crippen LogP contribution >= 0.6 is 0 Å². The van der Waals surface area contributed by atoms with E-state index in [4.69, 9.17) is 19.4 Å². The maximum Gasteiger partial charge on any atom is 0.227 e. The fourth-order valence-electron chi connectivity index (χ4n) is 7.13. The first-order chi connectivity index (χ1) is 25.7. The summed E-state index contributed by atoms with van der Waals surface area (Å²) in [6.45, 7) is 0. The molecule has 10 aromatic rings. The molecule has 0 aliphatic heterocycles. The molecule has 0 bridgehead atoms. The Morgan fingerprint density at radius 2 is 1.02 bits per heavy atom. The van der Waals surface area contributed by atoms with Gasteiger partial charge in [0.1, 0.15) is 5.52 Å². The van der Waals surface area contributed by atoms with Gasteiger partial charge in [-0.3, -0.25) is 0 Å². The van der Waals surface area contributed by atoms with Crippen molar-refractivity contribution in [1.29, 1.82) is 0 Å². The van der Waals surface area contributed by atoms with Crippen molar-refractivity contribution in [3.8, 4) is 62.2 Å². The molecule has 7 aromatic carbocycles. The molecule has 0 fully saturated rings. The number of para-hydroxylation sites is 3. The molecule has 0 aliphatic carbocycles. The fourth-order valence-corrected chi connectivity index (χ4v) is 7.13. The van der Waals surface area contributed by atoms with E-state index in [1.54, 1.807) is 0 Å². The highest BCUT2D eigenvalue weighted by atomic mass is 16.3. The van der Waals surface area contributed by atoms with Crippen LogP contribution in [0.1, 0.15) is 0 Å². The SMILES string of the molecule is c1ccc(-c2cc(-c3cccc(-c4cccc(-n5c6ccccc6c6ccc(-c7nc8ccccc8o7)cc65)c4)c3)nc(-c3ccccc3)n2)cc1. The highest BCUT2D eigenvalue weighted by Crippen LogP contribution is 2.37. The average molecular weight is 667 g/mol. The van der Waals surface area contributed by atoms with Crippen molar-refractivity contribution in [2.24, 2.45) is 0 Å². The summed E-state index contributed by atoms with van der Waals surface area (Å²) in [6.07, 6.45) is 0. The Labute approximate surface area is 300 Å². The van der Waals surface area contributed by atoms with Crippen LogP contribution in [0.3, 0.4) is 0 Å². The molecule has 244 valence electrons. The Bertz CT molecular complexity index is 2820. The Kier molecular flexibility index (Phi) is 7.07. The van der Waals surface area contributed by atoms with Gasteiger partial charge in [-0.2, -0.15) is 0 Å². The first-order valence-corrected chi connectivity index (χ1v) is 17.4. The van der Waals surface area contributed by atoms with Gasteiger partial charge in [-0.1, -0.05) is 127 Å². The normalized spacial score (nSPS) is 11.5. The third-order valence-corrected chi connectivity index (χ3v) is 9.64. The van der Waals surface area contributed by atoms with Gasteiger partial charge in [-0.25, -0.2) is 15.0 Å². The molecule has 5 nitrogen and oxygen atoms in total. The molecule has 0 amide bonds. The van der Waals surface area contributed by atoms with Gasteiger partial charge in [0.05, 0.1) is 22.4 Å². The van der Waals surface area contributed by atoms with Crippen LogP contribution in [0, 0.1) is 0 Å². The summed E-state index contributed by atoms with van der Waals surface area (Å²) in [6, 6.07) is 62.9. The number of rotatable bonds is 6. The van der Waals surface area contributed by atoms with Gasteiger partial charge in [-0.15, -0.1) is 0 Å². The zero-order valence-corrected chi connectivity index (χ0v) is 28.0. The molecule has 0 saturated heterocycles. The van der Waals surface area contributed by atoms with E-state index in [1.807, 2.05) is 60.7 Å². The van der Waals surface area contributed by atoms with E-state index < -0.39 is 0 Å². The summed E-state index contributed by atoms with van der Waals surface area (Å²) in [7, 11) is 0. The second-order valence-corrected chi connectivity index (χ2v) is 12.9. The van der Waals surface area contributed by atoms with E-state index in [2.05, 4.69) is 126 Å². The van der Waals surface area contributed by atoms with Crippen molar-refractivity contribution in [1.82, 2.24) is 19.5 Å². The van der Waals surface area contributed by atoms with Crippen LogP contribution < -0.4 is 0 Å². The van der Waals surface area contributed by atoms with Crippen LogP contribution in [0.4, 0.5) is 0 Å². The van der Waals surface area contributed by atoms with Crippen LogP contribution in [0.2, 0.25) is 0 Å². The van der Waals surface area contributed by atoms with E-state index in [0.29, 0.717) is 11.7 Å². The zero-order chi connectivity index (χ0) is 34.4. The van der Waals surface area contributed by atoms with E-state index >= 15 is 0 Å². The molecule has 3 heterocycles. The predicted molar refractivity (Wildman–Crippen MR) is 211 cm³/mol. The lowest BCUT2D eigenvalue weighted by atomic mass is 10.00. The van der Waals surface area contributed by atoms with Crippen LogP contribution in [0.5, 0.6) is 0 Å². The van der Waals surface area contributed by atoms with Gasteiger partial charge in [0.15, 0.2) is 11.4 Å². The van der Waals surface area contributed by atoms with Gasteiger partial charge in [0, 0.05) is 38.7 Å². The summed E-state index contributed by atoms with van der Waals surface area (Å²) >= 11 is 0. The molecule has 5 heteroatoms. The summed E-state index contributed by atoms with van der Waals surface area (Å²) < 4.78 is 8.52. The fraction of sp³-hybridized carbons (Fsp3) is 0. The molecule has 0 atom stereocenters. The van der Waals surface area contributed by atoms with E-state index in [0.717, 1.165) is 72.6 Å². The molecule has 0 spiro atoms. The lowest BCUT2D eigenvalue weighted by molar-refractivity contribution is 0.620. The van der Waals surface area contributed by atoms with Gasteiger partial charge < -0.3 is 8.98 Å². The van der Waals surface area contributed by atoms with E-state index in [1.165, 1.54) is 10.8 Å². The van der Waals surface area contributed by atoms with E-state index in [-0.39, 0.29) is 0 Å². The summed E-state index contributed by atoms with van der Waals surface area (Å²) in [5.41, 5.74) is 12.9. The number of oxazole rings is 1. The highest BCUT2D eigenvalue weighted by molar-refractivity contribution is 6.10. The molecule has 0 aliphatic rings.